The number of alkyl carbamates (subject to hydrolysis) is 1. The fraction of sp³-hybridized carbons (Fsp3) is 0.639. The highest BCUT2D eigenvalue weighted by molar-refractivity contribution is 8.76. The molecule has 3 aliphatic heterocycles. The summed E-state index contributed by atoms with van der Waals surface area (Å²) in [5.74, 6) is -1.00. The molecule has 4 bridgehead atoms. The van der Waals surface area contributed by atoms with Gasteiger partial charge in [0.05, 0.1) is 25.3 Å². The first-order chi connectivity index (χ1) is 25.3. The van der Waals surface area contributed by atoms with Gasteiger partial charge in [0, 0.05) is 32.8 Å². The van der Waals surface area contributed by atoms with Crippen LogP contribution in [-0.4, -0.2) is 122 Å². The molecule has 0 aliphatic carbocycles. The van der Waals surface area contributed by atoms with E-state index in [2.05, 4.69) is 5.32 Å². The number of fused-ring (bicyclic) bond motifs is 5. The number of rotatable bonds is 10. The summed E-state index contributed by atoms with van der Waals surface area (Å²) >= 11 is 6.71. The Kier molecular flexibility index (Phi) is 14.7. The van der Waals surface area contributed by atoms with Gasteiger partial charge in [-0.2, -0.15) is 13.2 Å². The number of carbonyl (C=O) groups excluding carboxylic acids is 3. The normalized spacial score (nSPS) is 30.6. The van der Waals surface area contributed by atoms with Crippen molar-refractivity contribution >= 4 is 56.8 Å². The summed E-state index contributed by atoms with van der Waals surface area (Å²) in [6.45, 7) is 4.81. The summed E-state index contributed by atoms with van der Waals surface area (Å²) in [4.78, 5) is 42.7. The van der Waals surface area contributed by atoms with Gasteiger partial charge in [-0.15, -0.1) is 0 Å². The number of allylic oxidation sites excluding steroid dienone is 3. The van der Waals surface area contributed by atoms with E-state index in [4.69, 9.17) is 35.3 Å². The summed E-state index contributed by atoms with van der Waals surface area (Å²) in [7, 11) is 8.19. The number of anilines is 1. The van der Waals surface area contributed by atoms with Gasteiger partial charge in [0.2, 0.25) is 5.91 Å². The van der Waals surface area contributed by atoms with Gasteiger partial charge in [-0.25, -0.2) is 4.79 Å². The maximum atomic E-state index is 14.2. The Hall–Kier alpha value is -2.67. The molecule has 1 aromatic rings. The molecule has 0 saturated carbocycles. The average molecular weight is 824 g/mol. The molecular formula is C36H49ClF3N3O9S2. The van der Waals surface area contributed by atoms with E-state index < -0.39 is 78.4 Å². The zero-order valence-corrected chi connectivity index (χ0v) is 33.9. The molecular weight excluding hydrogens is 775 g/mol. The molecule has 2 saturated heterocycles. The second kappa shape index (κ2) is 18.1. The van der Waals surface area contributed by atoms with Crippen LogP contribution >= 0.6 is 33.2 Å². The molecule has 1 unspecified atom stereocenters. The van der Waals surface area contributed by atoms with Crippen molar-refractivity contribution in [1.82, 2.24) is 10.2 Å². The summed E-state index contributed by atoms with van der Waals surface area (Å²) in [5, 5.41) is 14.2. The number of likely N-dealkylation sites (N-methyl/N-ethyl adjacent to an activating group) is 1. The number of nitrogens with zero attached hydrogens (tertiary/aromatic N) is 2. The van der Waals surface area contributed by atoms with E-state index in [1.807, 2.05) is 13.0 Å². The van der Waals surface area contributed by atoms with E-state index in [1.165, 1.54) is 61.7 Å². The average Bonchev–Trinajstić information content (AvgIpc) is 3.75. The number of nitrogens with one attached hydrogen (secondary N) is 1. The number of aliphatic hydroxyl groups is 1. The lowest BCUT2D eigenvalue weighted by Gasteiger charge is -2.40. The SMILES string of the molecule is COc1cc2cc(c1Cl)N(C)C(=O)C[C@H](OC(=O)[C@H](C)N(C)[C@@H](CCSSC)C(F)(F)F)[C@]1(C)O[C@H]1CC1C[C@@](O)(NC(=O)O1)[C@H](OC)/C=C/C=C(\C)C2. The smallest absolute Gasteiger partial charge is 0.409 e. The zero-order chi connectivity index (χ0) is 40.2. The number of halogens is 4. The Morgan fingerprint density at radius 2 is 1.98 bits per heavy atom. The molecule has 2 N–H and O–H groups in total. The van der Waals surface area contributed by atoms with Crippen molar-refractivity contribution in [3.8, 4) is 5.75 Å². The van der Waals surface area contributed by atoms with Crippen molar-refractivity contribution in [2.24, 2.45) is 0 Å². The van der Waals surface area contributed by atoms with Crippen LogP contribution in [-0.2, 0) is 35.0 Å². The molecule has 54 heavy (non-hydrogen) atoms. The Balaban J connectivity index is 1.73. The molecule has 0 spiro atoms. The lowest BCUT2D eigenvalue weighted by molar-refractivity contribution is -0.191. The summed E-state index contributed by atoms with van der Waals surface area (Å²) in [5.41, 5.74) is -1.24. The highest BCUT2D eigenvalue weighted by Gasteiger charge is 2.62. The lowest BCUT2D eigenvalue weighted by atomic mass is 9.90. The minimum atomic E-state index is -4.62. The Morgan fingerprint density at radius 3 is 2.61 bits per heavy atom. The first-order valence-corrected chi connectivity index (χ1v) is 20.4. The van der Waals surface area contributed by atoms with E-state index in [9.17, 15) is 32.7 Å². The number of esters is 1. The van der Waals surface area contributed by atoms with Crippen molar-refractivity contribution in [2.75, 3.05) is 45.2 Å². The van der Waals surface area contributed by atoms with Crippen LogP contribution in [0.5, 0.6) is 5.75 Å². The number of amides is 2. The number of methoxy groups -OCH3 is 2. The quantitative estimate of drug-likeness (QED) is 0.123. The van der Waals surface area contributed by atoms with Gasteiger partial charge in [0.1, 0.15) is 46.8 Å². The Morgan fingerprint density at radius 1 is 1.28 bits per heavy atom. The van der Waals surface area contributed by atoms with Gasteiger partial charge in [-0.3, -0.25) is 19.8 Å². The zero-order valence-electron chi connectivity index (χ0n) is 31.5. The van der Waals surface area contributed by atoms with Crippen LogP contribution in [0.1, 0.15) is 52.0 Å². The molecule has 0 aromatic heterocycles. The second-order valence-electron chi connectivity index (χ2n) is 13.9. The number of carbonyl (C=O) groups is 3. The van der Waals surface area contributed by atoms with E-state index in [1.54, 1.807) is 37.5 Å². The van der Waals surface area contributed by atoms with Gasteiger partial charge in [0.25, 0.3) is 0 Å². The number of hydrogen-bond acceptors (Lipinski definition) is 12. The third kappa shape index (κ3) is 10.4. The van der Waals surface area contributed by atoms with Crippen LogP contribution in [0, 0.1) is 0 Å². The van der Waals surface area contributed by atoms with Crippen molar-refractivity contribution in [2.45, 2.75) is 107 Å². The maximum absolute atomic E-state index is 14.2. The monoisotopic (exact) mass is 823 g/mol. The summed E-state index contributed by atoms with van der Waals surface area (Å²) < 4.78 is 71.1. The van der Waals surface area contributed by atoms with Gasteiger partial charge >= 0.3 is 18.2 Å². The van der Waals surface area contributed by atoms with Crippen LogP contribution in [0.2, 0.25) is 5.02 Å². The second-order valence-corrected chi connectivity index (χ2v) is 17.0. The predicted molar refractivity (Wildman–Crippen MR) is 202 cm³/mol. The number of hydrogen-bond donors (Lipinski definition) is 2. The van der Waals surface area contributed by atoms with Gasteiger partial charge in [-0.1, -0.05) is 57.0 Å². The van der Waals surface area contributed by atoms with E-state index in [0.29, 0.717) is 17.9 Å². The Labute approximate surface area is 326 Å². The van der Waals surface area contributed by atoms with Crippen molar-refractivity contribution < 1.29 is 56.3 Å². The third-order valence-corrected chi connectivity index (χ3v) is 12.4. The van der Waals surface area contributed by atoms with Crippen molar-refractivity contribution in [3.05, 3.63) is 46.5 Å². The van der Waals surface area contributed by atoms with Crippen LogP contribution in [0.25, 0.3) is 0 Å². The first kappa shape index (κ1) is 44.0. The largest absolute Gasteiger partial charge is 0.495 e. The molecule has 0 radical (unpaired) electrons. The maximum Gasteiger partial charge on any atom is 0.409 e. The lowest BCUT2D eigenvalue weighted by Crippen LogP contribution is -2.62. The van der Waals surface area contributed by atoms with E-state index >= 15 is 0 Å². The molecule has 12 nitrogen and oxygen atoms in total. The summed E-state index contributed by atoms with van der Waals surface area (Å²) in [6, 6.07) is 0.195. The topological polar surface area (TPSA) is 139 Å². The van der Waals surface area contributed by atoms with Crippen LogP contribution in [0.4, 0.5) is 23.7 Å². The van der Waals surface area contributed by atoms with Gasteiger partial charge in [0.15, 0.2) is 5.72 Å². The fourth-order valence-corrected chi connectivity index (χ4v) is 8.36. The van der Waals surface area contributed by atoms with Crippen molar-refractivity contribution in [1.29, 1.82) is 0 Å². The molecule has 8 atom stereocenters. The molecule has 4 rings (SSSR count). The van der Waals surface area contributed by atoms with Gasteiger partial charge in [-0.05, 0) is 64.6 Å². The molecule has 3 aliphatic rings. The molecule has 2 amide bonds. The molecule has 302 valence electrons. The van der Waals surface area contributed by atoms with E-state index in [0.717, 1.165) is 16.0 Å². The Bertz CT molecular complexity index is 1600. The summed E-state index contributed by atoms with van der Waals surface area (Å²) in [6.07, 6.45) is -2.86. The minimum absolute atomic E-state index is 0.0350. The van der Waals surface area contributed by atoms with Crippen LogP contribution in [0.3, 0.4) is 0 Å². The highest BCUT2D eigenvalue weighted by Crippen LogP contribution is 2.47. The third-order valence-electron chi connectivity index (χ3n) is 10.2. The van der Waals surface area contributed by atoms with Crippen molar-refractivity contribution in [3.63, 3.8) is 0 Å². The van der Waals surface area contributed by atoms with Crippen LogP contribution in [0.15, 0.2) is 35.9 Å². The molecule has 1 aromatic carbocycles. The highest BCUT2D eigenvalue weighted by atomic mass is 35.5. The first-order valence-electron chi connectivity index (χ1n) is 17.3. The number of alkyl halides is 3. The standard InChI is InChI=1S/C36H49ClF3N3O9S2/c1-20-10-9-11-27(49-7)35(47)19-23(50-33(46)41-35)17-29-34(3,52-29)28(18-30(44)43(5)24-15-22(14-20)16-25(48-6)31(24)37)51-32(45)21(2)42(4)26(36(38,39)40)12-13-54-53-8/h9-11,15-16,21,23,26-29,47H,12-14,17-19H2,1-8H3,(H,41,46)/b11-9+,20-10+/t21-,23?,26-,27+,28-,29-,34-,35-/m0/s1. The minimum Gasteiger partial charge on any atom is -0.495 e. The van der Waals surface area contributed by atoms with E-state index in [-0.39, 0.29) is 30.0 Å². The fourth-order valence-electron chi connectivity index (χ4n) is 6.77. The molecule has 3 heterocycles. The molecule has 2 fully saturated rings. The van der Waals surface area contributed by atoms with Crippen LogP contribution < -0.4 is 15.0 Å². The number of ether oxygens (including phenoxy) is 5. The van der Waals surface area contributed by atoms with Gasteiger partial charge < -0.3 is 33.7 Å². The number of epoxide rings is 1. The predicted octanol–water partition coefficient (Wildman–Crippen LogP) is 6.07. The number of benzene rings is 1. The molecule has 18 heteroatoms.